The molecule has 2 amide bonds. The van der Waals surface area contributed by atoms with Gasteiger partial charge in [0.15, 0.2) is 0 Å². The van der Waals surface area contributed by atoms with E-state index in [1.807, 2.05) is 0 Å². The maximum absolute atomic E-state index is 12.1. The number of likely N-dealkylation sites (tertiary alicyclic amines) is 1. The highest BCUT2D eigenvalue weighted by Gasteiger charge is 2.46. The van der Waals surface area contributed by atoms with Crippen LogP contribution in [0.3, 0.4) is 0 Å². The molecule has 0 aromatic carbocycles. The van der Waals surface area contributed by atoms with Crippen LogP contribution in [0.25, 0.3) is 0 Å². The highest BCUT2D eigenvalue weighted by Crippen LogP contribution is 2.32. The second-order valence-electron chi connectivity index (χ2n) is 5.87. The maximum Gasteiger partial charge on any atom is 0.247 e. The van der Waals surface area contributed by atoms with E-state index in [4.69, 9.17) is 0 Å². The topological polar surface area (TPSA) is 49.4 Å². The van der Waals surface area contributed by atoms with Crippen LogP contribution in [0.15, 0.2) is 0 Å². The van der Waals surface area contributed by atoms with E-state index in [1.165, 1.54) is 4.90 Å². The van der Waals surface area contributed by atoms with Gasteiger partial charge in [0.05, 0.1) is 12.5 Å². The van der Waals surface area contributed by atoms with Crippen molar-refractivity contribution in [2.75, 3.05) is 0 Å². The number of amides is 2. The molecular weight excluding hydrogens is 216 g/mol. The average Bonchev–Trinajstić information content (AvgIpc) is 2.96. The van der Waals surface area contributed by atoms with Crippen LogP contribution in [0.4, 0.5) is 0 Å². The predicted molar refractivity (Wildman–Crippen MR) is 65.4 cm³/mol. The van der Waals surface area contributed by atoms with Gasteiger partial charge in [-0.2, -0.15) is 0 Å². The fraction of sp³-hybridized carbons (Fsp3) is 0.846. The van der Waals surface area contributed by atoms with E-state index in [2.05, 4.69) is 26.1 Å². The van der Waals surface area contributed by atoms with Crippen molar-refractivity contribution in [1.82, 2.24) is 10.2 Å². The summed E-state index contributed by atoms with van der Waals surface area (Å²) in [6.07, 6.45) is 4.39. The molecule has 1 heterocycles. The van der Waals surface area contributed by atoms with Gasteiger partial charge >= 0.3 is 0 Å². The molecule has 1 aliphatic heterocycles. The third-order valence-corrected chi connectivity index (χ3v) is 3.53. The number of nitrogens with one attached hydrogen (secondary N) is 1. The lowest BCUT2D eigenvalue weighted by atomic mass is 9.97. The van der Waals surface area contributed by atoms with Gasteiger partial charge in [-0.15, -0.1) is 0 Å². The fourth-order valence-corrected chi connectivity index (χ4v) is 2.65. The summed E-state index contributed by atoms with van der Waals surface area (Å²) in [6.45, 7) is 6.31. The van der Waals surface area contributed by atoms with Crippen LogP contribution in [-0.2, 0) is 9.59 Å². The molecule has 1 unspecified atom stereocenters. The lowest BCUT2D eigenvalue weighted by molar-refractivity contribution is -0.139. The van der Waals surface area contributed by atoms with E-state index >= 15 is 0 Å². The van der Waals surface area contributed by atoms with Gasteiger partial charge in [-0.1, -0.05) is 13.3 Å². The molecule has 0 spiro atoms. The lowest BCUT2D eigenvalue weighted by Crippen LogP contribution is -2.49. The summed E-state index contributed by atoms with van der Waals surface area (Å²) in [5, 5.41) is 3.34. The zero-order valence-electron chi connectivity index (χ0n) is 11.0. The molecule has 96 valence electrons. The molecule has 1 aliphatic carbocycles. The molecule has 2 fully saturated rings. The van der Waals surface area contributed by atoms with E-state index in [-0.39, 0.29) is 29.4 Å². The van der Waals surface area contributed by atoms with Crippen LogP contribution < -0.4 is 5.32 Å². The van der Waals surface area contributed by atoms with Crippen molar-refractivity contribution in [3.05, 3.63) is 0 Å². The molecule has 2 rings (SSSR count). The summed E-state index contributed by atoms with van der Waals surface area (Å²) < 4.78 is 0. The van der Waals surface area contributed by atoms with E-state index in [0.29, 0.717) is 6.42 Å². The first-order valence-electron chi connectivity index (χ1n) is 6.58. The average molecular weight is 238 g/mol. The number of rotatable bonds is 5. The Morgan fingerprint density at radius 3 is 2.53 bits per heavy atom. The monoisotopic (exact) mass is 238 g/mol. The zero-order valence-corrected chi connectivity index (χ0v) is 11.0. The quantitative estimate of drug-likeness (QED) is 0.737. The van der Waals surface area contributed by atoms with Crippen LogP contribution in [-0.4, -0.2) is 34.3 Å². The second-order valence-corrected chi connectivity index (χ2v) is 5.87. The van der Waals surface area contributed by atoms with Crippen LogP contribution in [0.1, 0.15) is 52.9 Å². The van der Waals surface area contributed by atoms with Gasteiger partial charge in [0.2, 0.25) is 11.8 Å². The summed E-state index contributed by atoms with van der Waals surface area (Å²) in [5.74, 6) is -0.0102. The maximum atomic E-state index is 12.1. The van der Waals surface area contributed by atoms with Crippen LogP contribution in [0.5, 0.6) is 0 Å². The minimum atomic E-state index is -0.301. The third-order valence-electron chi connectivity index (χ3n) is 3.53. The SMILES string of the molecule is CCCC(C)(C)NC1CC(=O)N(C2CC2)C1=O. The molecule has 0 radical (unpaired) electrons. The van der Waals surface area contributed by atoms with Gasteiger partial charge in [-0.25, -0.2) is 0 Å². The van der Waals surface area contributed by atoms with E-state index in [9.17, 15) is 9.59 Å². The molecule has 17 heavy (non-hydrogen) atoms. The standard InChI is InChI=1S/C13H22N2O2/c1-4-7-13(2,3)14-10-8-11(16)15(12(10)17)9-5-6-9/h9-10,14H,4-8H2,1-3H3. The molecule has 1 saturated heterocycles. The van der Waals surface area contributed by atoms with Crippen LogP contribution >= 0.6 is 0 Å². The Hall–Kier alpha value is -0.900. The Morgan fingerprint density at radius 1 is 1.35 bits per heavy atom. The Morgan fingerprint density at radius 2 is 2.00 bits per heavy atom. The van der Waals surface area contributed by atoms with E-state index < -0.39 is 0 Å². The van der Waals surface area contributed by atoms with Crippen molar-refractivity contribution in [1.29, 1.82) is 0 Å². The van der Waals surface area contributed by atoms with Gasteiger partial charge in [0.1, 0.15) is 0 Å². The molecule has 0 bridgehead atoms. The molecular formula is C13H22N2O2. The molecule has 2 aliphatic rings. The van der Waals surface area contributed by atoms with Gasteiger partial charge in [-0.05, 0) is 33.1 Å². The van der Waals surface area contributed by atoms with Gasteiger partial charge in [0.25, 0.3) is 0 Å². The number of imide groups is 1. The summed E-state index contributed by atoms with van der Waals surface area (Å²) in [5.41, 5.74) is -0.0745. The second kappa shape index (κ2) is 4.41. The highest BCUT2D eigenvalue weighted by atomic mass is 16.2. The normalized spacial score (nSPS) is 25.8. The predicted octanol–water partition coefficient (Wildman–Crippen LogP) is 1.44. The van der Waals surface area contributed by atoms with E-state index in [1.54, 1.807) is 0 Å². The van der Waals surface area contributed by atoms with Crippen molar-refractivity contribution < 1.29 is 9.59 Å². The largest absolute Gasteiger partial charge is 0.300 e. The Labute approximate surface area is 103 Å². The van der Waals surface area contributed by atoms with Gasteiger partial charge in [0, 0.05) is 11.6 Å². The first kappa shape index (κ1) is 12.6. The summed E-state index contributed by atoms with van der Waals surface area (Å²) >= 11 is 0. The number of carbonyl (C=O) groups excluding carboxylic acids is 2. The fourth-order valence-electron chi connectivity index (χ4n) is 2.65. The minimum Gasteiger partial charge on any atom is -0.300 e. The van der Waals surface area contributed by atoms with Crippen molar-refractivity contribution in [3.8, 4) is 0 Å². The third kappa shape index (κ3) is 2.68. The Kier molecular flexibility index (Phi) is 3.25. The summed E-state index contributed by atoms with van der Waals surface area (Å²) in [7, 11) is 0. The van der Waals surface area contributed by atoms with Gasteiger partial charge in [-0.3, -0.25) is 14.5 Å². The Balaban J connectivity index is 1.99. The highest BCUT2D eigenvalue weighted by molar-refractivity contribution is 6.06. The van der Waals surface area contributed by atoms with Crippen molar-refractivity contribution in [2.24, 2.45) is 0 Å². The van der Waals surface area contributed by atoms with Crippen molar-refractivity contribution >= 4 is 11.8 Å². The van der Waals surface area contributed by atoms with Crippen molar-refractivity contribution in [3.63, 3.8) is 0 Å². The lowest BCUT2D eigenvalue weighted by Gasteiger charge is -2.28. The molecule has 4 nitrogen and oxygen atoms in total. The molecule has 4 heteroatoms. The Bertz CT molecular complexity index is 334. The van der Waals surface area contributed by atoms with E-state index in [0.717, 1.165) is 25.7 Å². The minimum absolute atomic E-state index is 0.00213. The summed E-state index contributed by atoms with van der Waals surface area (Å²) in [4.78, 5) is 25.4. The molecule has 0 aromatic heterocycles. The van der Waals surface area contributed by atoms with Crippen LogP contribution in [0.2, 0.25) is 0 Å². The zero-order chi connectivity index (χ0) is 12.6. The number of hydrogen-bond donors (Lipinski definition) is 1. The first-order valence-corrected chi connectivity index (χ1v) is 6.58. The molecule has 1 N–H and O–H groups in total. The summed E-state index contributed by atoms with van der Waals surface area (Å²) in [6, 6.07) is -0.0965. The van der Waals surface area contributed by atoms with Crippen LogP contribution in [0, 0.1) is 0 Å². The molecule has 0 aromatic rings. The van der Waals surface area contributed by atoms with Crippen molar-refractivity contribution in [2.45, 2.75) is 70.5 Å². The number of carbonyl (C=O) groups is 2. The smallest absolute Gasteiger partial charge is 0.247 e. The molecule has 1 atom stereocenters. The first-order chi connectivity index (χ1) is 7.94. The number of nitrogens with zero attached hydrogens (tertiary/aromatic N) is 1. The molecule has 1 saturated carbocycles. The van der Waals surface area contributed by atoms with Gasteiger partial charge < -0.3 is 5.32 Å². The number of hydrogen-bond acceptors (Lipinski definition) is 3.